The van der Waals surface area contributed by atoms with E-state index in [1.54, 1.807) is 23.0 Å². The molecule has 0 amide bonds. The quantitative estimate of drug-likeness (QED) is 0.433. The Morgan fingerprint density at radius 2 is 2.00 bits per heavy atom. The van der Waals surface area contributed by atoms with Crippen molar-refractivity contribution >= 4 is 34.0 Å². The smallest absolute Gasteiger partial charge is 0.171 e. The van der Waals surface area contributed by atoms with Crippen LogP contribution >= 0.6 is 11.6 Å². The van der Waals surface area contributed by atoms with Crippen molar-refractivity contribution < 1.29 is 0 Å². The van der Waals surface area contributed by atoms with Crippen molar-refractivity contribution in [1.82, 2.24) is 25.1 Å². The number of nitrogens with two attached hydrogens (primary N) is 1. The molecule has 0 aliphatic rings. The van der Waals surface area contributed by atoms with Crippen molar-refractivity contribution in [3.63, 3.8) is 0 Å². The van der Waals surface area contributed by atoms with Gasteiger partial charge in [0.05, 0.1) is 28.2 Å². The molecule has 3 N–H and O–H groups in total. The Labute approximate surface area is 201 Å². The van der Waals surface area contributed by atoms with Gasteiger partial charge in [-0.1, -0.05) is 18.2 Å². The van der Waals surface area contributed by atoms with E-state index < -0.39 is 0 Å². The van der Waals surface area contributed by atoms with E-state index in [-0.39, 0.29) is 5.69 Å². The van der Waals surface area contributed by atoms with E-state index in [1.807, 2.05) is 26.0 Å². The lowest BCUT2D eigenvalue weighted by Crippen LogP contribution is -2.14. The largest absolute Gasteiger partial charge is 0.384 e. The lowest BCUT2D eigenvalue weighted by molar-refractivity contribution is 0.684. The van der Waals surface area contributed by atoms with Crippen molar-refractivity contribution in [3.8, 4) is 12.1 Å². The summed E-state index contributed by atoms with van der Waals surface area (Å²) in [6, 6.07) is 11.6. The van der Waals surface area contributed by atoms with Gasteiger partial charge in [0, 0.05) is 35.7 Å². The van der Waals surface area contributed by atoms with Crippen LogP contribution in [0.15, 0.2) is 43.2 Å². The Hall–Kier alpha value is -4.40. The monoisotopic (exact) mass is 468 g/mol. The molecular formula is C25H21ClN8. The molecule has 0 bridgehead atoms. The molecule has 0 aliphatic heterocycles. The summed E-state index contributed by atoms with van der Waals surface area (Å²) >= 11 is 6.08. The number of benzene rings is 1. The topological polar surface area (TPSA) is 129 Å². The summed E-state index contributed by atoms with van der Waals surface area (Å²) in [6.45, 7) is 8.83. The van der Waals surface area contributed by atoms with Crippen LogP contribution in [-0.2, 0) is 13.1 Å². The molecule has 168 valence electrons. The van der Waals surface area contributed by atoms with Crippen LogP contribution in [0.2, 0.25) is 5.02 Å². The van der Waals surface area contributed by atoms with E-state index in [0.29, 0.717) is 46.3 Å². The van der Waals surface area contributed by atoms with Crippen LogP contribution in [0.1, 0.15) is 39.2 Å². The molecule has 8 nitrogen and oxygen atoms in total. The van der Waals surface area contributed by atoms with Crippen LogP contribution in [0, 0.1) is 36.5 Å². The third-order valence-electron chi connectivity index (χ3n) is 5.52. The number of nitrogens with zero attached hydrogens (tertiary/aromatic N) is 6. The first kappa shape index (κ1) is 22.8. The van der Waals surface area contributed by atoms with Gasteiger partial charge in [0.15, 0.2) is 5.69 Å². The molecule has 1 aromatic carbocycles. The third kappa shape index (κ3) is 4.54. The lowest BCUT2D eigenvalue weighted by Gasteiger charge is -2.13. The molecule has 0 saturated carbocycles. The van der Waals surface area contributed by atoms with E-state index in [9.17, 15) is 10.5 Å². The minimum absolute atomic E-state index is 0.257. The van der Waals surface area contributed by atoms with Gasteiger partial charge < -0.3 is 11.1 Å². The van der Waals surface area contributed by atoms with Gasteiger partial charge in [-0.3, -0.25) is 9.67 Å². The zero-order chi connectivity index (χ0) is 24.4. The molecule has 0 unspecified atom stereocenters. The Balaban J connectivity index is 1.58. The highest BCUT2D eigenvalue weighted by Gasteiger charge is 2.14. The van der Waals surface area contributed by atoms with Gasteiger partial charge in [0.1, 0.15) is 18.0 Å². The fourth-order valence-corrected chi connectivity index (χ4v) is 4.07. The highest BCUT2D eigenvalue weighted by Crippen LogP contribution is 2.23. The summed E-state index contributed by atoms with van der Waals surface area (Å²) in [5.41, 5.74) is 12.0. The maximum absolute atomic E-state index is 9.62. The van der Waals surface area contributed by atoms with Crippen molar-refractivity contribution in [2.24, 2.45) is 0 Å². The second kappa shape index (κ2) is 9.22. The fraction of sp³-hybridized carbons (Fsp3) is 0.160. The van der Waals surface area contributed by atoms with Gasteiger partial charge in [-0.25, -0.2) is 4.98 Å². The molecule has 34 heavy (non-hydrogen) atoms. The number of nitrogen functional groups attached to an aromatic ring is 1. The van der Waals surface area contributed by atoms with Crippen LogP contribution in [0.4, 0.5) is 5.82 Å². The number of hydrogen-bond donors (Lipinski definition) is 2. The number of halogens is 1. The number of anilines is 1. The molecule has 0 radical (unpaired) electrons. The molecule has 3 heterocycles. The number of pyridine rings is 2. The number of fused-ring (bicyclic) bond motifs is 1. The van der Waals surface area contributed by atoms with Gasteiger partial charge in [-0.15, -0.1) is 0 Å². The maximum Gasteiger partial charge on any atom is 0.171 e. The highest BCUT2D eigenvalue weighted by atomic mass is 35.5. The van der Waals surface area contributed by atoms with Crippen LogP contribution in [0.3, 0.4) is 0 Å². The van der Waals surface area contributed by atoms with E-state index in [0.717, 1.165) is 27.8 Å². The average Bonchev–Trinajstić information content (AvgIpc) is 3.20. The van der Waals surface area contributed by atoms with Crippen LogP contribution in [0.25, 0.3) is 16.6 Å². The Bertz CT molecular complexity index is 1500. The number of rotatable bonds is 6. The predicted molar refractivity (Wildman–Crippen MR) is 132 cm³/mol. The van der Waals surface area contributed by atoms with Gasteiger partial charge in [-0.05, 0) is 54.8 Å². The first-order valence-electron chi connectivity index (χ1n) is 10.4. The SMILES string of the molecule is C=C(NCc1c(C)cc(N)nc1C)c1cn(Cc2cc(C#N)c3ncc(Cl)cc3c2)nc1C#N. The molecule has 3 aromatic heterocycles. The Morgan fingerprint density at radius 1 is 1.21 bits per heavy atom. The number of nitriles is 2. The molecule has 0 saturated heterocycles. The van der Waals surface area contributed by atoms with Crippen molar-refractivity contribution in [3.05, 3.63) is 87.5 Å². The summed E-state index contributed by atoms with van der Waals surface area (Å²) in [4.78, 5) is 8.58. The van der Waals surface area contributed by atoms with E-state index in [2.05, 4.69) is 39.1 Å². The summed E-state index contributed by atoms with van der Waals surface area (Å²) in [7, 11) is 0. The number of aromatic nitrogens is 4. The maximum atomic E-state index is 9.62. The average molecular weight is 469 g/mol. The molecular weight excluding hydrogens is 448 g/mol. The van der Waals surface area contributed by atoms with E-state index in [1.165, 1.54) is 6.20 Å². The summed E-state index contributed by atoms with van der Waals surface area (Å²) in [5.74, 6) is 0.483. The third-order valence-corrected chi connectivity index (χ3v) is 5.73. The van der Waals surface area contributed by atoms with Gasteiger partial charge in [-0.2, -0.15) is 15.6 Å². The van der Waals surface area contributed by atoms with Gasteiger partial charge in [0.25, 0.3) is 0 Å². The van der Waals surface area contributed by atoms with Crippen LogP contribution < -0.4 is 11.1 Å². The summed E-state index contributed by atoms with van der Waals surface area (Å²) < 4.78 is 1.66. The zero-order valence-electron chi connectivity index (χ0n) is 18.7. The van der Waals surface area contributed by atoms with E-state index in [4.69, 9.17) is 17.3 Å². The molecule has 0 atom stereocenters. The second-order valence-electron chi connectivity index (χ2n) is 7.94. The molecule has 4 aromatic rings. The Kier molecular flexibility index (Phi) is 6.18. The first-order valence-corrected chi connectivity index (χ1v) is 10.8. The molecule has 0 aliphatic carbocycles. The number of aryl methyl sites for hydroxylation is 2. The van der Waals surface area contributed by atoms with Crippen molar-refractivity contribution in [2.45, 2.75) is 26.9 Å². The number of hydrogen-bond acceptors (Lipinski definition) is 7. The van der Waals surface area contributed by atoms with E-state index >= 15 is 0 Å². The van der Waals surface area contributed by atoms with Crippen molar-refractivity contribution in [2.75, 3.05) is 5.73 Å². The molecule has 0 fully saturated rings. The van der Waals surface area contributed by atoms with Crippen molar-refractivity contribution in [1.29, 1.82) is 10.5 Å². The zero-order valence-corrected chi connectivity index (χ0v) is 19.5. The summed E-state index contributed by atoms with van der Waals surface area (Å²) in [5, 5.41) is 28.1. The molecule has 0 spiro atoms. The number of nitrogens with one attached hydrogen (secondary N) is 1. The molecule has 9 heteroatoms. The lowest BCUT2D eigenvalue weighted by atomic mass is 10.1. The second-order valence-corrected chi connectivity index (χ2v) is 8.38. The van der Waals surface area contributed by atoms with Crippen LogP contribution in [-0.4, -0.2) is 19.7 Å². The van der Waals surface area contributed by atoms with Crippen LogP contribution in [0.5, 0.6) is 0 Å². The fourth-order valence-electron chi connectivity index (χ4n) is 3.90. The first-order chi connectivity index (χ1) is 16.3. The highest BCUT2D eigenvalue weighted by molar-refractivity contribution is 6.31. The minimum atomic E-state index is 0.257. The minimum Gasteiger partial charge on any atom is -0.384 e. The standard InChI is InChI=1S/C25H21ClN8/c1-14-4-24(29)32-16(3)21(14)11-30-15(2)22-13-34(33-23(22)9-28)12-17-5-18-7-20(26)10-31-25(18)19(6-17)8-27/h4-7,10,13,30H,2,11-12H2,1,3H3,(H2,29,32). The molecule has 4 rings (SSSR count). The normalized spacial score (nSPS) is 10.6. The van der Waals surface area contributed by atoms with Gasteiger partial charge in [0.2, 0.25) is 0 Å². The van der Waals surface area contributed by atoms with Gasteiger partial charge >= 0.3 is 0 Å². The Morgan fingerprint density at radius 3 is 2.71 bits per heavy atom. The summed E-state index contributed by atoms with van der Waals surface area (Å²) in [6.07, 6.45) is 3.28. The predicted octanol–water partition coefficient (Wildman–Crippen LogP) is 4.23.